The van der Waals surface area contributed by atoms with Crippen LogP contribution in [-0.4, -0.2) is 22.9 Å². The first-order chi connectivity index (χ1) is 8.25. The number of hydrogen-bond acceptors (Lipinski definition) is 2. The molecule has 0 aromatic heterocycles. The number of piperidine rings is 1. The van der Waals surface area contributed by atoms with E-state index in [9.17, 15) is 4.79 Å². The number of fused-ring (bicyclic) bond motifs is 2. The normalized spacial score (nSPS) is 31.9. The van der Waals surface area contributed by atoms with E-state index in [1.165, 1.54) is 5.56 Å². The highest BCUT2D eigenvalue weighted by Gasteiger charge is 2.43. The van der Waals surface area contributed by atoms with Gasteiger partial charge < -0.3 is 10.6 Å². The molecule has 2 aliphatic rings. The van der Waals surface area contributed by atoms with E-state index in [4.69, 9.17) is 5.73 Å². The lowest BCUT2D eigenvalue weighted by atomic mass is 9.93. The number of hydrogen-bond donors (Lipinski definition) is 1. The van der Waals surface area contributed by atoms with Gasteiger partial charge in [0.05, 0.1) is 6.04 Å². The maximum atomic E-state index is 12.2. The summed E-state index contributed by atoms with van der Waals surface area (Å²) in [6.45, 7) is 0.713. The van der Waals surface area contributed by atoms with Crippen molar-refractivity contribution in [1.82, 2.24) is 4.90 Å². The molecule has 90 valence electrons. The molecule has 3 rings (SSSR count). The van der Waals surface area contributed by atoms with Crippen LogP contribution in [0.15, 0.2) is 30.3 Å². The topological polar surface area (TPSA) is 46.3 Å². The second-order valence-corrected chi connectivity index (χ2v) is 5.20. The highest BCUT2D eigenvalue weighted by Crippen LogP contribution is 2.37. The molecule has 1 aromatic carbocycles. The molecule has 1 aromatic rings. The molecule has 1 aliphatic heterocycles. The van der Waals surface area contributed by atoms with Gasteiger partial charge in [-0.2, -0.15) is 0 Å². The zero-order chi connectivity index (χ0) is 11.8. The third kappa shape index (κ3) is 1.84. The Morgan fingerprint density at radius 2 is 2.00 bits per heavy atom. The Balaban J connectivity index is 1.80. The van der Waals surface area contributed by atoms with Gasteiger partial charge in [0.25, 0.3) is 0 Å². The second kappa shape index (κ2) is 4.15. The van der Waals surface area contributed by atoms with Gasteiger partial charge in [-0.15, -0.1) is 0 Å². The number of likely N-dealkylation sites (tertiary alicyclic amines) is 1. The van der Waals surface area contributed by atoms with Gasteiger partial charge in [-0.05, 0) is 30.7 Å². The molecule has 1 saturated carbocycles. The van der Waals surface area contributed by atoms with Gasteiger partial charge in [-0.1, -0.05) is 30.3 Å². The van der Waals surface area contributed by atoms with Gasteiger partial charge in [0.2, 0.25) is 5.91 Å². The molecule has 3 unspecified atom stereocenters. The molecule has 1 heterocycles. The van der Waals surface area contributed by atoms with Crippen molar-refractivity contribution in [3.63, 3.8) is 0 Å². The Morgan fingerprint density at radius 3 is 2.76 bits per heavy atom. The van der Waals surface area contributed by atoms with E-state index in [1.54, 1.807) is 0 Å². The van der Waals surface area contributed by atoms with Gasteiger partial charge in [0, 0.05) is 12.6 Å². The van der Waals surface area contributed by atoms with E-state index in [0.29, 0.717) is 18.5 Å². The number of amides is 1. The van der Waals surface area contributed by atoms with Crippen LogP contribution in [0.25, 0.3) is 0 Å². The third-order valence-corrected chi connectivity index (χ3v) is 4.16. The maximum absolute atomic E-state index is 12.2. The smallest absolute Gasteiger partial charge is 0.240 e. The van der Waals surface area contributed by atoms with Gasteiger partial charge in [-0.3, -0.25) is 4.79 Å². The van der Waals surface area contributed by atoms with Crippen LogP contribution >= 0.6 is 0 Å². The molecule has 0 radical (unpaired) electrons. The Bertz CT molecular complexity index is 417. The highest BCUT2D eigenvalue weighted by molar-refractivity contribution is 5.83. The molecule has 1 saturated heterocycles. The highest BCUT2D eigenvalue weighted by atomic mass is 16.2. The second-order valence-electron chi connectivity index (χ2n) is 5.20. The summed E-state index contributed by atoms with van der Waals surface area (Å²) >= 11 is 0. The van der Waals surface area contributed by atoms with Gasteiger partial charge >= 0.3 is 0 Å². The molecule has 2 N–H and O–H groups in total. The summed E-state index contributed by atoms with van der Waals surface area (Å²) in [5, 5.41) is 0. The minimum Gasteiger partial charge on any atom is -0.334 e. The number of nitrogens with zero attached hydrogens (tertiary/aromatic N) is 1. The van der Waals surface area contributed by atoms with Crippen LogP contribution in [0.4, 0.5) is 0 Å². The summed E-state index contributed by atoms with van der Waals surface area (Å²) in [5.74, 6) is 0.576. The van der Waals surface area contributed by atoms with Gasteiger partial charge in [-0.25, -0.2) is 0 Å². The van der Waals surface area contributed by atoms with E-state index in [2.05, 4.69) is 12.1 Å². The summed E-state index contributed by atoms with van der Waals surface area (Å²) in [5.41, 5.74) is 7.21. The fraction of sp³-hybridized carbons (Fsp3) is 0.500. The number of carbonyl (C=O) groups is 1. The van der Waals surface area contributed by atoms with E-state index < -0.39 is 0 Å². The Morgan fingerprint density at radius 1 is 1.24 bits per heavy atom. The molecule has 1 amide bonds. The van der Waals surface area contributed by atoms with E-state index >= 15 is 0 Å². The molecular formula is C14H18N2O. The number of benzene rings is 1. The van der Waals surface area contributed by atoms with Crippen LogP contribution in [-0.2, 0) is 11.3 Å². The maximum Gasteiger partial charge on any atom is 0.240 e. The molecule has 17 heavy (non-hydrogen) atoms. The summed E-state index contributed by atoms with van der Waals surface area (Å²) in [6, 6.07) is 10.3. The van der Waals surface area contributed by atoms with Crippen LogP contribution in [0.3, 0.4) is 0 Å². The lowest BCUT2D eigenvalue weighted by Gasteiger charge is -2.36. The van der Waals surface area contributed by atoms with Crippen LogP contribution in [0.1, 0.15) is 24.8 Å². The van der Waals surface area contributed by atoms with Crippen LogP contribution in [0.5, 0.6) is 0 Å². The molecule has 3 atom stereocenters. The first-order valence-electron chi connectivity index (χ1n) is 6.35. The van der Waals surface area contributed by atoms with Crippen molar-refractivity contribution in [3.8, 4) is 0 Å². The average Bonchev–Trinajstić information content (AvgIpc) is 2.80. The summed E-state index contributed by atoms with van der Waals surface area (Å²) in [4.78, 5) is 14.2. The SMILES string of the molecule is NC1C(=O)N(Cc2ccccc2)C2CCC1C2. The minimum absolute atomic E-state index is 0.146. The van der Waals surface area contributed by atoms with E-state index in [1.807, 2.05) is 23.1 Å². The average molecular weight is 230 g/mol. The lowest BCUT2D eigenvalue weighted by Crippen LogP contribution is -2.53. The zero-order valence-electron chi connectivity index (χ0n) is 9.88. The zero-order valence-corrected chi connectivity index (χ0v) is 9.88. The predicted octanol–water partition coefficient (Wildman–Crippen LogP) is 1.52. The fourth-order valence-electron chi connectivity index (χ4n) is 3.16. The predicted molar refractivity (Wildman–Crippen MR) is 66.1 cm³/mol. The molecule has 3 heteroatoms. The fourth-order valence-corrected chi connectivity index (χ4v) is 3.16. The Hall–Kier alpha value is -1.35. The summed E-state index contributed by atoms with van der Waals surface area (Å²) in [6.07, 6.45) is 3.33. The Labute approximate surface area is 102 Å². The standard InChI is InChI=1S/C14H18N2O/c15-13-11-6-7-12(8-11)16(14(13)17)9-10-4-2-1-3-5-10/h1-5,11-13H,6-9,15H2. The third-order valence-electron chi connectivity index (χ3n) is 4.16. The largest absolute Gasteiger partial charge is 0.334 e. The summed E-state index contributed by atoms with van der Waals surface area (Å²) < 4.78 is 0. The number of nitrogens with two attached hydrogens (primary N) is 1. The quantitative estimate of drug-likeness (QED) is 0.837. The minimum atomic E-state index is -0.266. The van der Waals surface area contributed by atoms with Crippen molar-refractivity contribution >= 4 is 5.91 Å². The van der Waals surface area contributed by atoms with Gasteiger partial charge in [0.1, 0.15) is 0 Å². The van der Waals surface area contributed by atoms with Crippen LogP contribution in [0, 0.1) is 5.92 Å². The first kappa shape index (κ1) is 10.8. The Kier molecular flexibility index (Phi) is 2.63. The molecule has 0 spiro atoms. The molecule has 3 nitrogen and oxygen atoms in total. The van der Waals surface area contributed by atoms with Crippen LogP contribution in [0.2, 0.25) is 0 Å². The molecule has 1 aliphatic carbocycles. The van der Waals surface area contributed by atoms with Crippen molar-refractivity contribution in [3.05, 3.63) is 35.9 Å². The van der Waals surface area contributed by atoms with Crippen molar-refractivity contribution in [2.45, 2.75) is 37.9 Å². The van der Waals surface area contributed by atoms with Gasteiger partial charge in [0.15, 0.2) is 0 Å². The van der Waals surface area contributed by atoms with Crippen molar-refractivity contribution in [2.24, 2.45) is 11.7 Å². The summed E-state index contributed by atoms with van der Waals surface area (Å²) in [7, 11) is 0. The van der Waals surface area contributed by atoms with E-state index in [-0.39, 0.29) is 11.9 Å². The van der Waals surface area contributed by atoms with E-state index in [0.717, 1.165) is 19.3 Å². The van der Waals surface area contributed by atoms with Crippen LogP contribution < -0.4 is 5.73 Å². The number of rotatable bonds is 2. The van der Waals surface area contributed by atoms with Crippen molar-refractivity contribution in [1.29, 1.82) is 0 Å². The monoisotopic (exact) mass is 230 g/mol. The molecule has 2 fully saturated rings. The lowest BCUT2D eigenvalue weighted by molar-refractivity contribution is -0.139. The van der Waals surface area contributed by atoms with Crippen molar-refractivity contribution < 1.29 is 4.79 Å². The number of carbonyl (C=O) groups excluding carboxylic acids is 1. The first-order valence-corrected chi connectivity index (χ1v) is 6.35. The van der Waals surface area contributed by atoms with Crippen molar-refractivity contribution in [2.75, 3.05) is 0 Å². The molecule has 2 bridgehead atoms. The molecular weight excluding hydrogens is 212 g/mol.